The average Bonchev–Trinajstić information content (AvgIpc) is 2.85. The van der Waals surface area contributed by atoms with Crippen LogP contribution in [0.15, 0.2) is 41.3 Å². The number of nitrogens with one attached hydrogen (secondary N) is 2. The van der Waals surface area contributed by atoms with Gasteiger partial charge in [0.2, 0.25) is 5.91 Å². The summed E-state index contributed by atoms with van der Waals surface area (Å²) in [6, 6.07) is 11.7. The highest BCUT2D eigenvalue weighted by molar-refractivity contribution is 8.00. The smallest absolute Gasteiger partial charge is 0.235 e. The molecule has 1 amide bonds. The van der Waals surface area contributed by atoms with Gasteiger partial charge in [0, 0.05) is 16.7 Å². The summed E-state index contributed by atoms with van der Waals surface area (Å²) in [5.74, 6) is 0.932. The maximum absolute atomic E-state index is 11.7. The van der Waals surface area contributed by atoms with Crippen molar-refractivity contribution in [3.63, 3.8) is 0 Å². The largest absolute Gasteiger partial charge is 0.308 e. The van der Waals surface area contributed by atoms with Crippen LogP contribution in [0.5, 0.6) is 0 Å². The fourth-order valence-electron chi connectivity index (χ4n) is 1.45. The van der Waals surface area contributed by atoms with Crippen LogP contribution >= 0.6 is 11.8 Å². The number of nitrogens with zero attached hydrogens (tertiary/aromatic N) is 1. The topological polar surface area (TPSA) is 57.8 Å². The van der Waals surface area contributed by atoms with Crippen molar-refractivity contribution in [1.29, 1.82) is 0 Å². The highest BCUT2D eigenvalue weighted by Gasteiger charge is 2.06. The standard InChI is InChI=1S/C13H15N3OS/c1-2-10-8-12(16-15-10)14-13(17)9-18-11-6-4-3-5-7-11/h3-8H,2,9H2,1H3,(H2,14,15,16,17). The lowest BCUT2D eigenvalue weighted by molar-refractivity contribution is -0.113. The summed E-state index contributed by atoms with van der Waals surface area (Å²) < 4.78 is 0. The second kappa shape index (κ2) is 6.26. The maximum atomic E-state index is 11.7. The third-order valence-corrected chi connectivity index (χ3v) is 3.40. The number of anilines is 1. The van der Waals surface area contributed by atoms with Crippen molar-refractivity contribution in [3.8, 4) is 0 Å². The number of aromatic amines is 1. The number of H-pyrrole nitrogens is 1. The molecule has 0 aliphatic rings. The van der Waals surface area contributed by atoms with Crippen LogP contribution in [-0.4, -0.2) is 21.9 Å². The number of rotatable bonds is 5. The lowest BCUT2D eigenvalue weighted by Crippen LogP contribution is -2.14. The van der Waals surface area contributed by atoms with E-state index in [1.165, 1.54) is 11.8 Å². The van der Waals surface area contributed by atoms with Crippen molar-refractivity contribution in [2.24, 2.45) is 0 Å². The fraction of sp³-hybridized carbons (Fsp3) is 0.231. The van der Waals surface area contributed by atoms with Crippen molar-refractivity contribution < 1.29 is 4.79 Å². The molecule has 4 nitrogen and oxygen atoms in total. The Labute approximate surface area is 110 Å². The Balaban J connectivity index is 1.82. The first kappa shape index (κ1) is 12.7. The van der Waals surface area contributed by atoms with Gasteiger partial charge in [-0.25, -0.2) is 0 Å². The molecule has 0 saturated heterocycles. The molecule has 0 atom stereocenters. The molecule has 0 bridgehead atoms. The summed E-state index contributed by atoms with van der Waals surface area (Å²) in [4.78, 5) is 12.8. The second-order valence-corrected chi connectivity index (χ2v) is 4.83. The van der Waals surface area contributed by atoms with Gasteiger partial charge in [-0.3, -0.25) is 9.89 Å². The van der Waals surface area contributed by atoms with Gasteiger partial charge in [-0.15, -0.1) is 11.8 Å². The van der Waals surface area contributed by atoms with Crippen molar-refractivity contribution in [3.05, 3.63) is 42.1 Å². The molecule has 0 saturated carbocycles. The number of carbonyl (C=O) groups excluding carboxylic acids is 1. The van der Waals surface area contributed by atoms with Crippen molar-refractivity contribution in [2.45, 2.75) is 18.2 Å². The summed E-state index contributed by atoms with van der Waals surface area (Å²) in [5.41, 5.74) is 1.01. The van der Waals surface area contributed by atoms with Gasteiger partial charge >= 0.3 is 0 Å². The molecule has 0 fully saturated rings. The lowest BCUT2D eigenvalue weighted by atomic mass is 10.3. The molecular weight excluding hydrogens is 246 g/mol. The van der Waals surface area contributed by atoms with Gasteiger partial charge in [0.05, 0.1) is 5.75 Å². The van der Waals surface area contributed by atoms with E-state index in [9.17, 15) is 4.79 Å². The Morgan fingerprint density at radius 2 is 2.17 bits per heavy atom. The van der Waals surface area contributed by atoms with E-state index >= 15 is 0 Å². The van der Waals surface area contributed by atoms with Gasteiger partial charge in [-0.2, -0.15) is 5.10 Å². The Morgan fingerprint density at radius 3 is 2.83 bits per heavy atom. The van der Waals surface area contributed by atoms with E-state index in [1.54, 1.807) is 0 Å². The Kier molecular flexibility index (Phi) is 4.41. The van der Waals surface area contributed by atoms with Crippen LogP contribution in [0, 0.1) is 0 Å². The molecule has 18 heavy (non-hydrogen) atoms. The molecule has 0 aliphatic carbocycles. The molecule has 2 aromatic rings. The van der Waals surface area contributed by atoms with Gasteiger partial charge < -0.3 is 5.32 Å². The number of hydrogen-bond donors (Lipinski definition) is 2. The maximum Gasteiger partial charge on any atom is 0.235 e. The molecular formula is C13H15N3OS. The van der Waals surface area contributed by atoms with Gasteiger partial charge in [0.15, 0.2) is 5.82 Å². The minimum atomic E-state index is -0.0435. The van der Waals surface area contributed by atoms with Gasteiger partial charge in [-0.1, -0.05) is 25.1 Å². The minimum Gasteiger partial charge on any atom is -0.308 e. The third-order valence-electron chi connectivity index (χ3n) is 2.39. The zero-order valence-electron chi connectivity index (χ0n) is 10.1. The van der Waals surface area contributed by atoms with Crippen molar-refractivity contribution >= 4 is 23.5 Å². The zero-order chi connectivity index (χ0) is 12.8. The summed E-state index contributed by atoms with van der Waals surface area (Å²) in [7, 11) is 0. The number of thioether (sulfide) groups is 1. The van der Waals surface area contributed by atoms with E-state index < -0.39 is 0 Å². The van der Waals surface area contributed by atoms with E-state index in [2.05, 4.69) is 15.5 Å². The molecule has 1 aromatic carbocycles. The second-order valence-electron chi connectivity index (χ2n) is 3.78. The molecule has 0 radical (unpaired) electrons. The van der Waals surface area contributed by atoms with Crippen LogP contribution in [0.2, 0.25) is 0 Å². The molecule has 0 unspecified atom stereocenters. The Hall–Kier alpha value is -1.75. The highest BCUT2D eigenvalue weighted by atomic mass is 32.2. The summed E-state index contributed by atoms with van der Waals surface area (Å²) in [6.07, 6.45) is 0.877. The summed E-state index contributed by atoms with van der Waals surface area (Å²) >= 11 is 1.51. The predicted octanol–water partition coefficient (Wildman–Crippen LogP) is 2.70. The fourth-order valence-corrected chi connectivity index (χ4v) is 2.17. The monoisotopic (exact) mass is 261 g/mol. The van der Waals surface area contributed by atoms with E-state index in [0.717, 1.165) is 17.0 Å². The van der Waals surface area contributed by atoms with Crippen LogP contribution in [0.1, 0.15) is 12.6 Å². The van der Waals surface area contributed by atoms with Crippen LogP contribution in [0.3, 0.4) is 0 Å². The Morgan fingerprint density at radius 1 is 1.39 bits per heavy atom. The van der Waals surface area contributed by atoms with E-state index in [-0.39, 0.29) is 5.91 Å². The number of benzene rings is 1. The predicted molar refractivity (Wildman–Crippen MR) is 73.8 cm³/mol. The minimum absolute atomic E-state index is 0.0435. The first-order chi connectivity index (χ1) is 8.78. The molecule has 2 rings (SSSR count). The molecule has 1 aromatic heterocycles. The normalized spacial score (nSPS) is 10.3. The molecule has 94 valence electrons. The van der Waals surface area contributed by atoms with Crippen LogP contribution in [-0.2, 0) is 11.2 Å². The van der Waals surface area contributed by atoms with Crippen LogP contribution < -0.4 is 5.32 Å². The molecule has 1 heterocycles. The van der Waals surface area contributed by atoms with E-state index in [4.69, 9.17) is 0 Å². The summed E-state index contributed by atoms with van der Waals surface area (Å²) in [6.45, 7) is 2.03. The van der Waals surface area contributed by atoms with Gasteiger partial charge in [0.25, 0.3) is 0 Å². The lowest BCUT2D eigenvalue weighted by Gasteiger charge is -2.01. The zero-order valence-corrected chi connectivity index (χ0v) is 11.0. The molecule has 2 N–H and O–H groups in total. The number of carbonyl (C=O) groups is 1. The van der Waals surface area contributed by atoms with Crippen molar-refractivity contribution in [2.75, 3.05) is 11.1 Å². The highest BCUT2D eigenvalue weighted by Crippen LogP contribution is 2.17. The third kappa shape index (κ3) is 3.63. The molecule has 0 aliphatic heterocycles. The summed E-state index contributed by atoms with van der Waals surface area (Å²) in [5, 5.41) is 9.64. The van der Waals surface area contributed by atoms with E-state index in [1.807, 2.05) is 43.3 Å². The first-order valence-electron chi connectivity index (χ1n) is 5.80. The Bertz CT molecular complexity index is 510. The molecule has 5 heteroatoms. The number of aryl methyl sites for hydroxylation is 1. The molecule has 0 spiro atoms. The van der Waals surface area contributed by atoms with Gasteiger partial charge in [0.1, 0.15) is 0 Å². The van der Waals surface area contributed by atoms with E-state index in [0.29, 0.717) is 11.6 Å². The van der Waals surface area contributed by atoms with Crippen molar-refractivity contribution in [1.82, 2.24) is 10.2 Å². The first-order valence-corrected chi connectivity index (χ1v) is 6.78. The van der Waals surface area contributed by atoms with Crippen LogP contribution in [0.4, 0.5) is 5.82 Å². The number of amides is 1. The van der Waals surface area contributed by atoms with Crippen LogP contribution in [0.25, 0.3) is 0 Å². The number of hydrogen-bond acceptors (Lipinski definition) is 3. The number of aromatic nitrogens is 2. The SMILES string of the molecule is CCc1cc(NC(=O)CSc2ccccc2)n[nH]1. The quantitative estimate of drug-likeness (QED) is 0.814. The van der Waals surface area contributed by atoms with Gasteiger partial charge in [-0.05, 0) is 18.6 Å². The average molecular weight is 261 g/mol.